The van der Waals surface area contributed by atoms with Crippen molar-refractivity contribution in [2.45, 2.75) is 59.8 Å². The van der Waals surface area contributed by atoms with Gasteiger partial charge in [0.1, 0.15) is 0 Å². The van der Waals surface area contributed by atoms with E-state index in [2.05, 4.69) is 37.9 Å². The molecule has 0 aliphatic carbocycles. The van der Waals surface area contributed by atoms with E-state index in [0.717, 1.165) is 5.92 Å². The van der Waals surface area contributed by atoms with Crippen LogP contribution in [0, 0.1) is 16.7 Å². The Kier molecular flexibility index (Phi) is 4.94. The van der Waals surface area contributed by atoms with Crippen LogP contribution in [-0.2, 0) is 0 Å². The van der Waals surface area contributed by atoms with E-state index in [1.165, 1.54) is 64.8 Å². The van der Waals surface area contributed by atoms with Crippen LogP contribution in [0.1, 0.15) is 59.8 Å². The van der Waals surface area contributed by atoms with Crippen LogP contribution in [-0.4, -0.2) is 37.6 Å². The summed E-state index contributed by atoms with van der Waals surface area (Å²) in [6.45, 7) is 16.0. The van der Waals surface area contributed by atoms with E-state index in [-0.39, 0.29) is 0 Å². The molecule has 2 nitrogen and oxygen atoms in total. The van der Waals surface area contributed by atoms with Gasteiger partial charge in [0.25, 0.3) is 0 Å². The smallest absolute Gasteiger partial charge is 0.00531 e. The largest absolute Gasteiger partial charge is 0.316 e. The van der Waals surface area contributed by atoms with Crippen LogP contribution < -0.4 is 5.32 Å². The lowest BCUT2D eigenvalue weighted by Crippen LogP contribution is -2.47. The number of nitrogens with zero attached hydrogens (tertiary/aromatic N) is 1. The van der Waals surface area contributed by atoms with Crippen molar-refractivity contribution in [2.24, 2.45) is 16.7 Å². The lowest BCUT2D eigenvalue weighted by molar-refractivity contribution is 0.0490. The van der Waals surface area contributed by atoms with Crippen molar-refractivity contribution in [3.05, 3.63) is 0 Å². The van der Waals surface area contributed by atoms with Crippen LogP contribution in [0.5, 0.6) is 0 Å². The van der Waals surface area contributed by atoms with Crippen molar-refractivity contribution in [3.8, 4) is 0 Å². The molecule has 2 rings (SSSR count). The highest BCUT2D eigenvalue weighted by atomic mass is 15.1. The van der Waals surface area contributed by atoms with Gasteiger partial charge in [-0.25, -0.2) is 0 Å². The number of rotatable bonds is 5. The van der Waals surface area contributed by atoms with E-state index < -0.39 is 0 Å². The summed E-state index contributed by atoms with van der Waals surface area (Å²) >= 11 is 0. The molecule has 0 bridgehead atoms. The van der Waals surface area contributed by atoms with E-state index in [9.17, 15) is 0 Å². The van der Waals surface area contributed by atoms with Crippen molar-refractivity contribution < 1.29 is 0 Å². The third-order valence-corrected chi connectivity index (χ3v) is 6.46. The second-order valence-corrected chi connectivity index (χ2v) is 7.43. The molecule has 0 aromatic carbocycles. The number of hydrogen-bond acceptors (Lipinski definition) is 2. The molecule has 0 saturated carbocycles. The first-order valence-electron chi connectivity index (χ1n) is 8.49. The molecule has 1 N–H and O–H groups in total. The van der Waals surface area contributed by atoms with Gasteiger partial charge in [-0.05, 0) is 55.6 Å². The van der Waals surface area contributed by atoms with E-state index >= 15 is 0 Å². The van der Waals surface area contributed by atoms with Gasteiger partial charge in [-0.3, -0.25) is 0 Å². The lowest BCUT2D eigenvalue weighted by atomic mass is 9.72. The summed E-state index contributed by atoms with van der Waals surface area (Å²) in [4.78, 5) is 2.76. The lowest BCUT2D eigenvalue weighted by Gasteiger charge is -2.45. The molecule has 2 fully saturated rings. The van der Waals surface area contributed by atoms with Gasteiger partial charge in [0, 0.05) is 13.1 Å². The van der Waals surface area contributed by atoms with Crippen LogP contribution in [0.25, 0.3) is 0 Å². The van der Waals surface area contributed by atoms with Gasteiger partial charge in [-0.15, -0.1) is 0 Å². The van der Waals surface area contributed by atoms with Gasteiger partial charge in [0.2, 0.25) is 0 Å². The first kappa shape index (κ1) is 15.3. The zero-order valence-electron chi connectivity index (χ0n) is 13.6. The molecule has 2 saturated heterocycles. The third kappa shape index (κ3) is 3.16. The number of hydrogen-bond donors (Lipinski definition) is 1. The van der Waals surface area contributed by atoms with Crippen LogP contribution >= 0.6 is 0 Å². The summed E-state index contributed by atoms with van der Waals surface area (Å²) in [6, 6.07) is 0. The molecule has 112 valence electrons. The van der Waals surface area contributed by atoms with Gasteiger partial charge in [-0.1, -0.05) is 40.5 Å². The Balaban J connectivity index is 1.91. The van der Waals surface area contributed by atoms with Crippen molar-refractivity contribution in [2.75, 3.05) is 32.7 Å². The van der Waals surface area contributed by atoms with Crippen LogP contribution in [0.15, 0.2) is 0 Å². The Labute approximate surface area is 120 Å². The Bertz CT molecular complexity index is 265. The summed E-state index contributed by atoms with van der Waals surface area (Å²) in [5.74, 6) is 0.798. The fraction of sp³-hybridized carbons (Fsp3) is 1.00. The summed E-state index contributed by atoms with van der Waals surface area (Å²) in [7, 11) is 0. The Hall–Kier alpha value is -0.0800. The van der Waals surface area contributed by atoms with E-state index in [4.69, 9.17) is 0 Å². The SMILES string of the molecule is CCC1(CC)CCN(CC2(C(C)C)CCNC2)CC1. The summed E-state index contributed by atoms with van der Waals surface area (Å²) in [6.07, 6.45) is 6.94. The predicted molar refractivity (Wildman–Crippen MR) is 83.4 cm³/mol. The molecular formula is C17H34N2. The highest BCUT2D eigenvalue weighted by Gasteiger charge is 2.40. The predicted octanol–water partition coefficient (Wildman–Crippen LogP) is 3.52. The first-order valence-corrected chi connectivity index (χ1v) is 8.49. The molecule has 0 radical (unpaired) electrons. The Morgan fingerprint density at radius 2 is 1.68 bits per heavy atom. The van der Waals surface area contributed by atoms with Crippen LogP contribution in [0.2, 0.25) is 0 Å². The monoisotopic (exact) mass is 266 g/mol. The minimum absolute atomic E-state index is 0.540. The quantitative estimate of drug-likeness (QED) is 0.819. The zero-order chi connectivity index (χ0) is 13.9. The molecule has 1 atom stereocenters. The first-order chi connectivity index (χ1) is 9.06. The van der Waals surface area contributed by atoms with Gasteiger partial charge in [0.05, 0.1) is 0 Å². The van der Waals surface area contributed by atoms with Gasteiger partial charge in [0.15, 0.2) is 0 Å². The molecule has 2 aliphatic rings. The fourth-order valence-corrected chi connectivity index (χ4v) is 4.16. The zero-order valence-corrected chi connectivity index (χ0v) is 13.6. The normalized spacial score (nSPS) is 32.1. The standard InChI is InChI=1S/C17H34N2/c1-5-16(6-2)8-11-19(12-9-16)14-17(15(3)4)7-10-18-13-17/h15,18H,5-14H2,1-4H3. The molecular weight excluding hydrogens is 232 g/mol. The van der Waals surface area contributed by atoms with Crippen LogP contribution in [0.3, 0.4) is 0 Å². The maximum Gasteiger partial charge on any atom is 0.00531 e. The van der Waals surface area contributed by atoms with Crippen molar-refractivity contribution >= 4 is 0 Å². The molecule has 2 aliphatic heterocycles. The third-order valence-electron chi connectivity index (χ3n) is 6.46. The molecule has 0 aromatic rings. The maximum absolute atomic E-state index is 3.60. The molecule has 0 amide bonds. The Morgan fingerprint density at radius 1 is 1.05 bits per heavy atom. The molecule has 2 heteroatoms. The van der Waals surface area contributed by atoms with Gasteiger partial charge >= 0.3 is 0 Å². The highest BCUT2D eigenvalue weighted by Crippen LogP contribution is 2.40. The maximum atomic E-state index is 3.60. The molecule has 2 heterocycles. The van der Waals surface area contributed by atoms with Gasteiger partial charge in [-0.2, -0.15) is 0 Å². The highest BCUT2D eigenvalue weighted by molar-refractivity contribution is 4.94. The van der Waals surface area contributed by atoms with E-state index in [1.54, 1.807) is 0 Å². The average molecular weight is 266 g/mol. The molecule has 1 unspecified atom stereocenters. The molecule has 0 aromatic heterocycles. The van der Waals surface area contributed by atoms with E-state index in [1.807, 2.05) is 0 Å². The molecule has 19 heavy (non-hydrogen) atoms. The molecule has 0 spiro atoms. The van der Waals surface area contributed by atoms with E-state index in [0.29, 0.717) is 10.8 Å². The average Bonchev–Trinajstić information content (AvgIpc) is 2.90. The van der Waals surface area contributed by atoms with Crippen molar-refractivity contribution in [3.63, 3.8) is 0 Å². The second-order valence-electron chi connectivity index (χ2n) is 7.43. The number of piperidine rings is 1. The van der Waals surface area contributed by atoms with Gasteiger partial charge < -0.3 is 10.2 Å². The topological polar surface area (TPSA) is 15.3 Å². The van der Waals surface area contributed by atoms with Crippen molar-refractivity contribution in [1.82, 2.24) is 10.2 Å². The summed E-state index contributed by atoms with van der Waals surface area (Å²) < 4.78 is 0. The Morgan fingerprint density at radius 3 is 2.11 bits per heavy atom. The summed E-state index contributed by atoms with van der Waals surface area (Å²) in [5.41, 5.74) is 1.20. The second kappa shape index (κ2) is 6.13. The number of likely N-dealkylation sites (tertiary alicyclic amines) is 1. The number of nitrogens with one attached hydrogen (secondary N) is 1. The summed E-state index contributed by atoms with van der Waals surface area (Å²) in [5, 5.41) is 3.60. The fourth-order valence-electron chi connectivity index (χ4n) is 4.16. The minimum atomic E-state index is 0.540. The van der Waals surface area contributed by atoms with Crippen molar-refractivity contribution in [1.29, 1.82) is 0 Å². The minimum Gasteiger partial charge on any atom is -0.316 e. The van der Waals surface area contributed by atoms with Crippen LogP contribution in [0.4, 0.5) is 0 Å².